The van der Waals surface area contributed by atoms with Gasteiger partial charge in [-0.25, -0.2) is 8.42 Å². The third-order valence-electron chi connectivity index (χ3n) is 5.34. The van der Waals surface area contributed by atoms with Gasteiger partial charge in [0.05, 0.1) is 15.8 Å². The molecule has 0 aromatic heterocycles. The summed E-state index contributed by atoms with van der Waals surface area (Å²) in [5, 5.41) is 1.38. The molecule has 35 heavy (non-hydrogen) atoms. The van der Waals surface area contributed by atoms with Crippen LogP contribution < -0.4 is 15.0 Å². The number of rotatable bonds is 5. The molecule has 4 rings (SSSR count). The minimum atomic E-state index is -4.84. The van der Waals surface area contributed by atoms with E-state index in [9.17, 15) is 31.2 Å². The second-order valence-corrected chi connectivity index (χ2v) is 9.82. The Hall–Kier alpha value is -3.86. The number of nitrogens with zero attached hydrogens (tertiary/aromatic N) is 1. The monoisotopic (exact) mass is 504 g/mol. The fourth-order valence-electron chi connectivity index (χ4n) is 3.81. The van der Waals surface area contributed by atoms with Gasteiger partial charge in [-0.05, 0) is 42.0 Å². The third-order valence-corrected chi connectivity index (χ3v) is 7.49. The van der Waals surface area contributed by atoms with Crippen molar-refractivity contribution in [1.82, 2.24) is 0 Å². The van der Waals surface area contributed by atoms with E-state index in [0.29, 0.717) is 5.56 Å². The fourth-order valence-corrected chi connectivity index (χ4v) is 5.73. The lowest BCUT2D eigenvalue weighted by Gasteiger charge is -2.22. The van der Waals surface area contributed by atoms with Crippen molar-refractivity contribution in [3.63, 3.8) is 0 Å². The van der Waals surface area contributed by atoms with Gasteiger partial charge in [-0.2, -0.15) is 0 Å². The van der Waals surface area contributed by atoms with Gasteiger partial charge in [-0.3, -0.25) is 9.59 Å². The van der Waals surface area contributed by atoms with Crippen molar-refractivity contribution in [3.8, 4) is 5.75 Å². The summed E-state index contributed by atoms with van der Waals surface area (Å²) in [6, 6.07) is 18.8. The zero-order valence-corrected chi connectivity index (χ0v) is 18.8. The van der Waals surface area contributed by atoms with Crippen molar-refractivity contribution < 1.29 is 35.9 Å². The summed E-state index contributed by atoms with van der Waals surface area (Å²) in [4.78, 5) is 26.9. The molecule has 182 valence electrons. The van der Waals surface area contributed by atoms with E-state index in [1.165, 1.54) is 30.3 Å². The molecule has 0 saturated heterocycles. The van der Waals surface area contributed by atoms with E-state index in [-0.39, 0.29) is 22.7 Å². The zero-order chi connectivity index (χ0) is 25.2. The molecule has 7 nitrogen and oxygen atoms in total. The van der Waals surface area contributed by atoms with E-state index < -0.39 is 45.6 Å². The maximum atomic E-state index is 13.5. The number of carbonyl (C=O) groups excluding carboxylic acids is 2. The second-order valence-electron chi connectivity index (χ2n) is 7.72. The molecule has 0 saturated carbocycles. The first-order chi connectivity index (χ1) is 16.5. The maximum Gasteiger partial charge on any atom is 0.573 e. The average Bonchev–Trinajstić information content (AvgIpc) is 2.89. The molecule has 0 bridgehead atoms. The van der Waals surface area contributed by atoms with Crippen molar-refractivity contribution in [2.45, 2.75) is 22.9 Å². The lowest BCUT2D eigenvalue weighted by molar-refractivity contribution is -0.274. The van der Waals surface area contributed by atoms with E-state index in [1.807, 2.05) is 0 Å². The largest absolute Gasteiger partial charge is 0.573 e. The maximum absolute atomic E-state index is 13.5. The number of para-hydroxylation sites is 1. The third kappa shape index (κ3) is 5.46. The molecule has 0 spiro atoms. The number of nitrogens with one attached hydrogen (secondary N) is 1. The molecule has 1 heterocycles. The molecule has 0 radical (unpaired) electrons. The summed E-state index contributed by atoms with van der Waals surface area (Å²) in [6.45, 7) is -0.492. The molecular weight excluding hydrogens is 485 g/mol. The number of hydrogen-bond acceptors (Lipinski definition) is 5. The smallest absolute Gasteiger partial charge is 0.406 e. The number of sulfone groups is 1. The lowest BCUT2D eigenvalue weighted by Crippen LogP contribution is -2.38. The van der Waals surface area contributed by atoms with Crippen molar-refractivity contribution in [2.24, 2.45) is 0 Å². The summed E-state index contributed by atoms with van der Waals surface area (Å²) in [5.41, 5.74) is 0.720. The highest BCUT2D eigenvalue weighted by Crippen LogP contribution is 2.40. The van der Waals surface area contributed by atoms with Crippen LogP contribution in [0.1, 0.15) is 17.2 Å². The van der Waals surface area contributed by atoms with Gasteiger partial charge in [0.1, 0.15) is 12.3 Å². The van der Waals surface area contributed by atoms with Gasteiger partial charge >= 0.3 is 6.36 Å². The Morgan fingerprint density at radius 2 is 1.60 bits per heavy atom. The van der Waals surface area contributed by atoms with Crippen LogP contribution in [0.25, 0.3) is 0 Å². The van der Waals surface area contributed by atoms with Gasteiger partial charge in [0.2, 0.25) is 11.8 Å². The fraction of sp³-hybridized carbons (Fsp3) is 0.167. The molecule has 1 atom stereocenters. The number of alkyl halides is 3. The summed E-state index contributed by atoms with van der Waals surface area (Å²) in [6.07, 6.45) is -5.21. The van der Waals surface area contributed by atoms with Crippen LogP contribution in [0.2, 0.25) is 0 Å². The van der Waals surface area contributed by atoms with Crippen molar-refractivity contribution in [3.05, 3.63) is 84.4 Å². The number of fused-ring (bicyclic) bond motifs is 1. The quantitative estimate of drug-likeness (QED) is 0.553. The number of amides is 2. The standard InChI is InChI=1S/C24H19F3N2O5S/c25-24(26,27)34-18-12-10-17(11-13-18)28-22(30)15-29-19-8-4-5-9-20(19)35(32,33)21(14-23(29)31)16-6-2-1-3-7-16/h1-13,21H,14-15H2,(H,28,30). The first kappa shape index (κ1) is 24.3. The number of anilines is 2. The number of carbonyl (C=O) groups is 2. The predicted octanol–water partition coefficient (Wildman–Crippen LogP) is 4.48. The number of ether oxygens (including phenoxy) is 1. The van der Waals surface area contributed by atoms with Crippen LogP contribution in [0.4, 0.5) is 24.5 Å². The van der Waals surface area contributed by atoms with Gasteiger partial charge in [-0.1, -0.05) is 42.5 Å². The Labute approximate surface area is 199 Å². The molecule has 2 amide bonds. The van der Waals surface area contributed by atoms with E-state index in [0.717, 1.165) is 17.0 Å². The Morgan fingerprint density at radius 1 is 0.971 bits per heavy atom. The van der Waals surface area contributed by atoms with E-state index in [4.69, 9.17) is 0 Å². The van der Waals surface area contributed by atoms with E-state index >= 15 is 0 Å². The Kier molecular flexibility index (Phi) is 6.53. The van der Waals surface area contributed by atoms with Gasteiger partial charge in [0, 0.05) is 12.1 Å². The Balaban J connectivity index is 1.58. The highest BCUT2D eigenvalue weighted by atomic mass is 32.2. The molecule has 0 fully saturated rings. The summed E-state index contributed by atoms with van der Waals surface area (Å²) in [5.74, 6) is -1.67. The molecule has 1 aliphatic heterocycles. The van der Waals surface area contributed by atoms with Crippen LogP contribution in [0.3, 0.4) is 0 Å². The topological polar surface area (TPSA) is 92.8 Å². The second kappa shape index (κ2) is 9.41. The lowest BCUT2D eigenvalue weighted by atomic mass is 10.1. The first-order valence-corrected chi connectivity index (χ1v) is 11.9. The minimum absolute atomic E-state index is 0.0684. The predicted molar refractivity (Wildman–Crippen MR) is 122 cm³/mol. The molecule has 1 unspecified atom stereocenters. The molecule has 1 aliphatic rings. The van der Waals surface area contributed by atoms with Crippen molar-refractivity contribution in [2.75, 3.05) is 16.8 Å². The normalized spacial score (nSPS) is 17.3. The molecule has 11 heteroatoms. The summed E-state index contributed by atoms with van der Waals surface area (Å²) >= 11 is 0. The first-order valence-electron chi connectivity index (χ1n) is 10.4. The molecule has 3 aromatic rings. The molecular formula is C24H19F3N2O5S. The molecule has 0 aliphatic carbocycles. The highest BCUT2D eigenvalue weighted by Gasteiger charge is 2.39. The number of hydrogen-bond donors (Lipinski definition) is 1. The zero-order valence-electron chi connectivity index (χ0n) is 18.0. The van der Waals surface area contributed by atoms with Crippen LogP contribution in [0, 0.1) is 0 Å². The van der Waals surface area contributed by atoms with Crippen LogP contribution >= 0.6 is 0 Å². The number of benzene rings is 3. The van der Waals surface area contributed by atoms with Crippen LogP contribution in [-0.4, -0.2) is 33.1 Å². The summed E-state index contributed by atoms with van der Waals surface area (Å²) in [7, 11) is -3.95. The van der Waals surface area contributed by atoms with Crippen molar-refractivity contribution >= 4 is 33.0 Å². The van der Waals surface area contributed by atoms with E-state index in [2.05, 4.69) is 10.1 Å². The van der Waals surface area contributed by atoms with Crippen LogP contribution in [0.15, 0.2) is 83.8 Å². The Bertz CT molecular complexity index is 1340. The molecule has 1 N–H and O–H groups in total. The minimum Gasteiger partial charge on any atom is -0.406 e. The van der Waals surface area contributed by atoms with Gasteiger partial charge in [-0.15, -0.1) is 13.2 Å². The van der Waals surface area contributed by atoms with Gasteiger partial charge in [0.25, 0.3) is 0 Å². The summed E-state index contributed by atoms with van der Waals surface area (Å²) < 4.78 is 67.7. The van der Waals surface area contributed by atoms with E-state index in [1.54, 1.807) is 36.4 Å². The van der Waals surface area contributed by atoms with Gasteiger partial charge in [0.15, 0.2) is 9.84 Å². The SMILES string of the molecule is O=C(CN1C(=O)CC(c2ccccc2)S(=O)(=O)c2ccccc21)Nc1ccc(OC(F)(F)F)cc1. The highest BCUT2D eigenvalue weighted by molar-refractivity contribution is 7.92. The number of halogens is 3. The molecule has 3 aromatic carbocycles. The van der Waals surface area contributed by atoms with Crippen LogP contribution in [-0.2, 0) is 19.4 Å². The average molecular weight is 504 g/mol. The van der Waals surface area contributed by atoms with Crippen LogP contribution in [0.5, 0.6) is 5.75 Å². The van der Waals surface area contributed by atoms with Crippen molar-refractivity contribution in [1.29, 1.82) is 0 Å². The Morgan fingerprint density at radius 3 is 2.26 bits per heavy atom. The van der Waals surface area contributed by atoms with Gasteiger partial charge < -0.3 is 15.0 Å².